The second-order valence-corrected chi connectivity index (χ2v) is 2.00. The molecule has 2 nitrogen and oxygen atoms in total. The third-order valence-corrected chi connectivity index (χ3v) is 1.20. The van der Waals surface area contributed by atoms with Crippen molar-refractivity contribution in [3.05, 3.63) is 42.3 Å². The Labute approximate surface area is 71.3 Å². The van der Waals surface area contributed by atoms with Gasteiger partial charge in [-0.25, -0.2) is 4.79 Å². The van der Waals surface area contributed by atoms with E-state index < -0.39 is 5.97 Å². The van der Waals surface area contributed by atoms with Crippen LogP contribution in [0.2, 0.25) is 0 Å². The number of benzene rings is 1. The Morgan fingerprint density at radius 1 is 1.27 bits per heavy atom. The first-order valence-corrected chi connectivity index (χ1v) is 2.85. The fraction of sp³-hybridized carbons (Fsp3) is 0. The van der Waals surface area contributed by atoms with Crippen LogP contribution >= 0.6 is 12.4 Å². The van der Waals surface area contributed by atoms with Crippen LogP contribution in [0.1, 0.15) is 15.9 Å². The first-order valence-electron chi connectivity index (χ1n) is 2.85. The Balaban J connectivity index is 0.000001000. The van der Waals surface area contributed by atoms with Crippen LogP contribution in [0.3, 0.4) is 0 Å². The van der Waals surface area contributed by atoms with E-state index in [1.54, 1.807) is 12.1 Å². The zero-order valence-corrected chi connectivity index (χ0v) is 6.60. The molecule has 0 aliphatic carbocycles. The Morgan fingerprint density at radius 2 is 1.73 bits per heavy atom. The molecular weight excluding hydrogens is 164 g/mol. The van der Waals surface area contributed by atoms with Crippen molar-refractivity contribution in [3.63, 3.8) is 0 Å². The number of hydrogen-bond donors (Lipinski definition) is 1. The second kappa shape index (κ2) is 3.98. The maximum absolute atomic E-state index is 10.3. The van der Waals surface area contributed by atoms with Gasteiger partial charge in [-0.3, -0.25) is 0 Å². The molecule has 0 heterocycles. The summed E-state index contributed by atoms with van der Waals surface area (Å²) in [6.07, 6.45) is 0. The first kappa shape index (κ1) is 9.98. The number of carbonyl (C=O) groups is 1. The van der Waals surface area contributed by atoms with E-state index in [2.05, 4.69) is 6.92 Å². The van der Waals surface area contributed by atoms with Crippen molar-refractivity contribution in [1.29, 1.82) is 0 Å². The van der Waals surface area contributed by atoms with Gasteiger partial charge in [0, 0.05) is 0 Å². The quantitative estimate of drug-likeness (QED) is 0.702. The molecule has 0 fully saturated rings. The number of carboxylic acid groups (broad SMARTS) is 1. The van der Waals surface area contributed by atoms with Crippen molar-refractivity contribution < 1.29 is 9.90 Å². The SMILES string of the molecule is Cl.[CH2]c1ccc(C(=O)O)cc1. The molecule has 11 heavy (non-hydrogen) atoms. The van der Waals surface area contributed by atoms with Gasteiger partial charge in [-0.15, -0.1) is 12.4 Å². The molecule has 0 aliphatic rings. The lowest BCUT2D eigenvalue weighted by molar-refractivity contribution is 0.0697. The Bertz CT molecular complexity index is 241. The van der Waals surface area contributed by atoms with Crippen LogP contribution in [0, 0.1) is 6.92 Å². The van der Waals surface area contributed by atoms with Gasteiger partial charge < -0.3 is 5.11 Å². The fourth-order valence-corrected chi connectivity index (χ4v) is 0.647. The summed E-state index contributed by atoms with van der Waals surface area (Å²) in [6, 6.07) is 6.40. The Hall–Kier alpha value is -1.02. The van der Waals surface area contributed by atoms with Crippen LogP contribution in [0.5, 0.6) is 0 Å². The van der Waals surface area contributed by atoms with Gasteiger partial charge in [0.2, 0.25) is 0 Å². The van der Waals surface area contributed by atoms with Crippen molar-refractivity contribution in [1.82, 2.24) is 0 Å². The van der Waals surface area contributed by atoms with Crippen molar-refractivity contribution in [2.24, 2.45) is 0 Å². The van der Waals surface area contributed by atoms with Gasteiger partial charge in [0.1, 0.15) is 0 Å². The number of halogens is 1. The van der Waals surface area contributed by atoms with Gasteiger partial charge in [-0.1, -0.05) is 12.1 Å². The van der Waals surface area contributed by atoms with Crippen LogP contribution in [-0.4, -0.2) is 11.1 Å². The minimum Gasteiger partial charge on any atom is -0.478 e. The molecule has 1 aromatic rings. The van der Waals surface area contributed by atoms with Crippen LogP contribution in [0.15, 0.2) is 24.3 Å². The number of carboxylic acids is 1. The molecule has 0 atom stereocenters. The van der Waals surface area contributed by atoms with Crippen molar-refractivity contribution in [2.75, 3.05) is 0 Å². The smallest absolute Gasteiger partial charge is 0.335 e. The lowest BCUT2D eigenvalue weighted by Crippen LogP contribution is -1.94. The van der Waals surface area contributed by atoms with Gasteiger partial charge in [-0.05, 0) is 24.6 Å². The Kier molecular flexibility index (Phi) is 3.61. The molecule has 1 rings (SSSR count). The molecule has 1 radical (unpaired) electrons. The van der Waals surface area contributed by atoms with E-state index in [1.165, 1.54) is 12.1 Å². The number of rotatable bonds is 1. The second-order valence-electron chi connectivity index (χ2n) is 2.00. The van der Waals surface area contributed by atoms with Crippen LogP contribution in [0.4, 0.5) is 0 Å². The molecule has 1 aromatic carbocycles. The third kappa shape index (κ3) is 2.60. The highest BCUT2D eigenvalue weighted by Gasteiger charge is 1.98. The zero-order chi connectivity index (χ0) is 7.56. The summed E-state index contributed by atoms with van der Waals surface area (Å²) >= 11 is 0. The van der Waals surface area contributed by atoms with E-state index in [4.69, 9.17) is 5.11 Å². The van der Waals surface area contributed by atoms with Gasteiger partial charge in [-0.2, -0.15) is 0 Å². The van der Waals surface area contributed by atoms with Gasteiger partial charge in [0.05, 0.1) is 5.56 Å². The molecule has 0 saturated carbocycles. The minimum atomic E-state index is -0.903. The van der Waals surface area contributed by atoms with Gasteiger partial charge >= 0.3 is 5.97 Å². The van der Waals surface area contributed by atoms with Crippen LogP contribution in [0.25, 0.3) is 0 Å². The zero-order valence-electron chi connectivity index (χ0n) is 5.78. The van der Waals surface area contributed by atoms with Crippen LogP contribution < -0.4 is 0 Å². The molecule has 59 valence electrons. The van der Waals surface area contributed by atoms with E-state index in [0.29, 0.717) is 5.56 Å². The maximum atomic E-state index is 10.3. The molecule has 0 unspecified atom stereocenters. The summed E-state index contributed by atoms with van der Waals surface area (Å²) in [5, 5.41) is 8.46. The molecular formula is C8H8ClO2. The van der Waals surface area contributed by atoms with E-state index in [1.807, 2.05) is 0 Å². The molecule has 0 bridgehead atoms. The molecule has 3 heteroatoms. The van der Waals surface area contributed by atoms with E-state index in [-0.39, 0.29) is 12.4 Å². The number of hydrogen-bond acceptors (Lipinski definition) is 1. The minimum absolute atomic E-state index is 0. The highest BCUT2D eigenvalue weighted by Crippen LogP contribution is 2.01. The summed E-state index contributed by atoms with van der Waals surface area (Å²) in [5.74, 6) is -0.903. The third-order valence-electron chi connectivity index (χ3n) is 1.20. The molecule has 0 amide bonds. The Morgan fingerprint density at radius 3 is 2.09 bits per heavy atom. The topological polar surface area (TPSA) is 37.3 Å². The van der Waals surface area contributed by atoms with Crippen molar-refractivity contribution >= 4 is 18.4 Å². The fourth-order valence-electron chi connectivity index (χ4n) is 0.647. The predicted octanol–water partition coefficient (Wildman–Crippen LogP) is 1.99. The normalized spacial score (nSPS) is 8.45. The highest BCUT2D eigenvalue weighted by atomic mass is 35.5. The lowest BCUT2D eigenvalue weighted by Gasteiger charge is -1.92. The summed E-state index contributed by atoms with van der Waals surface area (Å²) in [6.45, 7) is 3.63. The predicted molar refractivity (Wildman–Crippen MR) is 45.1 cm³/mol. The summed E-state index contributed by atoms with van der Waals surface area (Å²) in [4.78, 5) is 10.3. The lowest BCUT2D eigenvalue weighted by atomic mass is 10.2. The van der Waals surface area contributed by atoms with Crippen molar-refractivity contribution in [3.8, 4) is 0 Å². The molecule has 0 saturated heterocycles. The largest absolute Gasteiger partial charge is 0.478 e. The van der Waals surface area contributed by atoms with Crippen LogP contribution in [-0.2, 0) is 0 Å². The summed E-state index contributed by atoms with van der Waals surface area (Å²) in [5.41, 5.74) is 1.12. The standard InChI is InChI=1S/C8H7O2.ClH/c1-6-2-4-7(5-3-6)8(9)10;/h2-5H,1H2,(H,9,10);1H. The van der Waals surface area contributed by atoms with Gasteiger partial charge in [0.15, 0.2) is 0 Å². The molecule has 0 aromatic heterocycles. The van der Waals surface area contributed by atoms with Gasteiger partial charge in [0.25, 0.3) is 0 Å². The average molecular weight is 172 g/mol. The van der Waals surface area contributed by atoms with Crippen molar-refractivity contribution in [2.45, 2.75) is 0 Å². The maximum Gasteiger partial charge on any atom is 0.335 e. The molecule has 0 spiro atoms. The molecule has 0 aliphatic heterocycles. The average Bonchev–Trinajstić information content (AvgIpc) is 1.88. The summed E-state index contributed by atoms with van der Waals surface area (Å²) < 4.78 is 0. The molecule has 1 N–H and O–H groups in total. The van der Waals surface area contributed by atoms with E-state index in [9.17, 15) is 4.79 Å². The van der Waals surface area contributed by atoms with E-state index in [0.717, 1.165) is 5.56 Å². The first-order chi connectivity index (χ1) is 4.70. The number of aromatic carboxylic acids is 1. The highest BCUT2D eigenvalue weighted by molar-refractivity contribution is 5.87. The summed E-state index contributed by atoms with van der Waals surface area (Å²) in [7, 11) is 0. The van der Waals surface area contributed by atoms with E-state index >= 15 is 0 Å². The monoisotopic (exact) mass is 171 g/mol.